The van der Waals surface area contributed by atoms with Gasteiger partial charge in [-0.05, 0) is 80.2 Å². The molecule has 1 aliphatic heterocycles. The quantitative estimate of drug-likeness (QED) is 0.336. The lowest BCUT2D eigenvalue weighted by atomic mass is 9.93. The largest absolute Gasteiger partial charge is 0.363 e. The number of hydrogen-bond donors (Lipinski definition) is 4. The zero-order valence-corrected chi connectivity index (χ0v) is 24.7. The Morgan fingerprint density at radius 3 is 2.17 bits per heavy atom. The molecule has 3 fully saturated rings. The van der Waals surface area contributed by atoms with E-state index >= 15 is 0 Å². The first-order valence-electron chi connectivity index (χ1n) is 14.8. The molecule has 10 heteroatoms. The van der Waals surface area contributed by atoms with Crippen LogP contribution in [0.5, 0.6) is 0 Å². The fourth-order valence-electron chi connectivity index (χ4n) is 7.07. The summed E-state index contributed by atoms with van der Waals surface area (Å²) < 4.78 is 0. The Balaban J connectivity index is 1.39. The third-order valence-corrected chi connectivity index (χ3v) is 9.50. The first-order chi connectivity index (χ1) is 19.2. The number of hydrogen-bond acceptors (Lipinski definition) is 5. The molecule has 2 saturated carbocycles. The van der Waals surface area contributed by atoms with E-state index in [-0.39, 0.29) is 35.0 Å². The number of rotatable bonds is 9. The van der Waals surface area contributed by atoms with E-state index in [1.165, 1.54) is 0 Å². The summed E-state index contributed by atoms with van der Waals surface area (Å²) in [5.41, 5.74) is 6.97. The van der Waals surface area contributed by atoms with Crippen molar-refractivity contribution in [1.29, 1.82) is 0 Å². The summed E-state index contributed by atoms with van der Waals surface area (Å²) in [6.07, 6.45) is 3.53. The number of nitrogens with zero attached hydrogens (tertiary/aromatic N) is 1. The molecule has 0 aromatic heterocycles. The van der Waals surface area contributed by atoms with E-state index in [0.29, 0.717) is 25.8 Å². The van der Waals surface area contributed by atoms with Crippen molar-refractivity contribution >= 4 is 29.5 Å². The molecule has 4 aliphatic rings. The number of likely N-dealkylation sites (tertiary alicyclic amines) is 1. The molecule has 0 radical (unpaired) electrons. The van der Waals surface area contributed by atoms with Crippen LogP contribution in [0.4, 0.5) is 4.79 Å². The maximum Gasteiger partial charge on any atom is 0.315 e. The highest BCUT2D eigenvalue weighted by atomic mass is 16.2. The van der Waals surface area contributed by atoms with Crippen LogP contribution >= 0.6 is 0 Å². The molecule has 10 nitrogen and oxygen atoms in total. The van der Waals surface area contributed by atoms with Crippen LogP contribution in [0.15, 0.2) is 24.3 Å². The Bertz CT molecular complexity index is 1240. The van der Waals surface area contributed by atoms with E-state index in [0.717, 1.165) is 24.0 Å². The molecule has 1 saturated heterocycles. The van der Waals surface area contributed by atoms with Crippen LogP contribution in [0.1, 0.15) is 65.0 Å². The van der Waals surface area contributed by atoms with Crippen LogP contribution in [-0.2, 0) is 32.0 Å². The van der Waals surface area contributed by atoms with E-state index in [9.17, 15) is 24.0 Å². The van der Waals surface area contributed by atoms with Crippen molar-refractivity contribution in [2.75, 3.05) is 6.54 Å². The van der Waals surface area contributed by atoms with Crippen molar-refractivity contribution in [3.63, 3.8) is 0 Å². The molecule has 1 heterocycles. The Morgan fingerprint density at radius 2 is 1.63 bits per heavy atom. The molecule has 0 spiro atoms. The Morgan fingerprint density at radius 1 is 1.02 bits per heavy atom. The first-order valence-corrected chi connectivity index (χ1v) is 14.8. The van der Waals surface area contributed by atoms with Gasteiger partial charge in [-0.3, -0.25) is 19.2 Å². The lowest BCUT2D eigenvalue weighted by molar-refractivity contribution is -0.144. The van der Waals surface area contributed by atoms with Crippen LogP contribution < -0.4 is 21.7 Å². The number of benzene rings is 1. The second-order valence-corrected chi connectivity index (χ2v) is 14.1. The molecular weight excluding hydrogens is 522 g/mol. The van der Waals surface area contributed by atoms with Gasteiger partial charge in [-0.1, -0.05) is 51.0 Å². The van der Waals surface area contributed by atoms with Gasteiger partial charge in [0.05, 0.1) is 6.04 Å². The average molecular weight is 566 g/mol. The number of primary amides is 1. The number of piperidine rings is 1. The van der Waals surface area contributed by atoms with Gasteiger partial charge in [-0.25, -0.2) is 4.79 Å². The van der Waals surface area contributed by atoms with Crippen molar-refractivity contribution in [2.45, 2.75) is 90.4 Å². The molecule has 222 valence electrons. The lowest BCUT2D eigenvalue weighted by Gasteiger charge is -2.35. The minimum atomic E-state index is -1.07. The SMILES string of the molecule is CC(C)(C)NC(=O)NC(C(=O)N1CC2C(C1C(=O)NC(CC1CC1)C(=O)C(N)=O)C2(C)C)C1Cc2ccccc2C1. The summed E-state index contributed by atoms with van der Waals surface area (Å²) in [7, 11) is 0. The molecule has 5 rings (SSSR count). The summed E-state index contributed by atoms with van der Waals surface area (Å²) in [5, 5.41) is 8.66. The second-order valence-electron chi connectivity index (χ2n) is 14.1. The molecule has 1 aromatic carbocycles. The number of amides is 5. The number of ketones is 1. The normalized spacial score (nSPS) is 25.9. The fraction of sp³-hybridized carbons (Fsp3) is 0.645. The number of fused-ring (bicyclic) bond motifs is 2. The van der Waals surface area contributed by atoms with Gasteiger partial charge in [-0.2, -0.15) is 0 Å². The minimum Gasteiger partial charge on any atom is -0.363 e. The third-order valence-electron chi connectivity index (χ3n) is 9.50. The maximum atomic E-state index is 14.4. The summed E-state index contributed by atoms with van der Waals surface area (Å²) in [6.45, 7) is 10.2. The van der Waals surface area contributed by atoms with E-state index in [2.05, 4.69) is 29.8 Å². The van der Waals surface area contributed by atoms with E-state index in [1.807, 2.05) is 45.0 Å². The fourth-order valence-corrected chi connectivity index (χ4v) is 7.07. The molecule has 5 N–H and O–H groups in total. The maximum absolute atomic E-state index is 14.4. The van der Waals surface area contributed by atoms with Gasteiger partial charge in [-0.15, -0.1) is 0 Å². The van der Waals surface area contributed by atoms with Gasteiger partial charge in [0.2, 0.25) is 17.6 Å². The average Bonchev–Trinajstić information content (AvgIpc) is 3.63. The molecule has 5 unspecified atom stereocenters. The van der Waals surface area contributed by atoms with E-state index in [1.54, 1.807) is 4.90 Å². The topological polar surface area (TPSA) is 151 Å². The van der Waals surface area contributed by atoms with Crippen molar-refractivity contribution < 1.29 is 24.0 Å². The second kappa shape index (κ2) is 10.4. The Labute approximate surface area is 241 Å². The van der Waals surface area contributed by atoms with Crippen LogP contribution in [0.2, 0.25) is 0 Å². The number of nitrogens with one attached hydrogen (secondary N) is 3. The highest BCUT2D eigenvalue weighted by Crippen LogP contribution is 2.65. The highest BCUT2D eigenvalue weighted by molar-refractivity contribution is 6.37. The van der Waals surface area contributed by atoms with Crippen LogP contribution in [0, 0.1) is 29.1 Å². The van der Waals surface area contributed by atoms with Crippen LogP contribution in [0.3, 0.4) is 0 Å². The number of carbonyl (C=O) groups excluding carboxylic acids is 5. The summed E-state index contributed by atoms with van der Waals surface area (Å²) in [5.74, 6) is -2.47. The van der Waals surface area contributed by atoms with Gasteiger partial charge >= 0.3 is 6.03 Å². The van der Waals surface area contributed by atoms with Crippen molar-refractivity contribution in [3.05, 3.63) is 35.4 Å². The summed E-state index contributed by atoms with van der Waals surface area (Å²) in [4.78, 5) is 67.2. The van der Waals surface area contributed by atoms with Gasteiger partial charge in [0.1, 0.15) is 12.1 Å². The van der Waals surface area contributed by atoms with Crippen molar-refractivity contribution in [1.82, 2.24) is 20.9 Å². The standard InChI is InChI=1S/C31H43N5O5/c1-30(2,3)35-29(41)34-23(19-13-17-8-6-7-9-18(17)14-19)28(40)36-15-20-22(31(20,4)5)24(36)27(39)33-21(12-16-10-11-16)25(37)26(32)38/h6-9,16,19-24H,10-15H2,1-5H3,(H2,32,38)(H,33,39)(H2,34,35,41). The van der Waals surface area contributed by atoms with Gasteiger partial charge in [0.25, 0.3) is 5.91 Å². The number of urea groups is 1. The van der Waals surface area contributed by atoms with E-state index < -0.39 is 47.3 Å². The summed E-state index contributed by atoms with van der Waals surface area (Å²) >= 11 is 0. The van der Waals surface area contributed by atoms with Crippen molar-refractivity contribution in [2.24, 2.45) is 34.8 Å². The van der Waals surface area contributed by atoms with Gasteiger partial charge in [0, 0.05) is 12.1 Å². The molecule has 3 aliphatic carbocycles. The monoisotopic (exact) mass is 565 g/mol. The van der Waals surface area contributed by atoms with Crippen LogP contribution in [-0.4, -0.2) is 64.6 Å². The highest BCUT2D eigenvalue weighted by Gasteiger charge is 2.69. The van der Waals surface area contributed by atoms with Gasteiger partial charge in [0.15, 0.2) is 0 Å². The molecule has 5 amide bonds. The smallest absolute Gasteiger partial charge is 0.315 e. The predicted molar refractivity (Wildman–Crippen MR) is 152 cm³/mol. The lowest BCUT2D eigenvalue weighted by Crippen LogP contribution is -2.61. The molecule has 5 atom stereocenters. The predicted octanol–water partition coefficient (Wildman–Crippen LogP) is 1.69. The van der Waals surface area contributed by atoms with Crippen molar-refractivity contribution in [3.8, 4) is 0 Å². The zero-order chi connectivity index (χ0) is 29.9. The number of Topliss-reactive ketones (excluding diaryl/α,β-unsaturated/α-hetero) is 1. The first kappa shape index (κ1) is 29.1. The molecule has 41 heavy (non-hydrogen) atoms. The molecule has 1 aromatic rings. The zero-order valence-electron chi connectivity index (χ0n) is 24.7. The van der Waals surface area contributed by atoms with Crippen LogP contribution in [0.25, 0.3) is 0 Å². The minimum absolute atomic E-state index is 0.0819. The number of carbonyl (C=O) groups is 5. The van der Waals surface area contributed by atoms with E-state index in [4.69, 9.17) is 5.73 Å². The Hall–Kier alpha value is -3.43. The molecular formula is C31H43N5O5. The number of nitrogens with two attached hydrogens (primary N) is 1. The third kappa shape index (κ3) is 5.97. The summed E-state index contributed by atoms with van der Waals surface area (Å²) in [6, 6.07) is 4.96. The molecule has 0 bridgehead atoms. The Kier molecular flexibility index (Phi) is 7.40. The van der Waals surface area contributed by atoms with Gasteiger partial charge < -0.3 is 26.6 Å².